The predicted molar refractivity (Wildman–Crippen MR) is 39.1 cm³/mol. The van der Waals surface area contributed by atoms with Gasteiger partial charge in [-0.1, -0.05) is 12.2 Å². The molecule has 0 saturated carbocycles. The van der Waals surface area contributed by atoms with E-state index in [1.807, 2.05) is 12.2 Å². The van der Waals surface area contributed by atoms with Crippen molar-refractivity contribution >= 4 is 0 Å². The lowest BCUT2D eigenvalue weighted by atomic mass is 9.97. The van der Waals surface area contributed by atoms with E-state index in [2.05, 4.69) is 11.4 Å². The Balaban J connectivity index is 2.18. The van der Waals surface area contributed by atoms with Gasteiger partial charge >= 0.3 is 0 Å². The maximum Gasteiger partial charge on any atom is 0.124 e. The molecule has 2 unspecified atom stereocenters. The fraction of sp³-hybridized carbons (Fsp3) is 0.500. The molecule has 2 heteroatoms. The maximum absolute atomic E-state index is 9.18. The number of allylic oxidation sites excluding steroid dienone is 4. The number of nitrogens with one attached hydrogen (secondary N) is 1. The van der Waals surface area contributed by atoms with E-state index in [0.29, 0.717) is 5.92 Å². The Morgan fingerprint density at radius 1 is 1.60 bits per heavy atom. The number of fused-ring (bicyclic) bond motifs is 1. The average Bonchev–Trinajstić information content (AvgIpc) is 2.27. The molecule has 2 aliphatic rings. The van der Waals surface area contributed by atoms with Gasteiger partial charge in [0.25, 0.3) is 0 Å². The molecule has 2 nitrogen and oxygen atoms in total. The first kappa shape index (κ1) is 5.98. The lowest BCUT2D eigenvalue weighted by Crippen LogP contribution is -2.18. The minimum absolute atomic E-state index is 0.309. The zero-order chi connectivity index (χ0) is 6.97. The van der Waals surface area contributed by atoms with Crippen LogP contribution in [0.15, 0.2) is 23.9 Å². The predicted octanol–water partition coefficient (Wildman–Crippen LogP) is 0.758. The van der Waals surface area contributed by atoms with Crippen LogP contribution < -0.4 is 5.32 Å². The van der Waals surface area contributed by atoms with Gasteiger partial charge < -0.3 is 10.4 Å². The smallest absolute Gasteiger partial charge is 0.124 e. The Bertz CT molecular complexity index is 195. The highest BCUT2D eigenvalue weighted by molar-refractivity contribution is 5.22. The van der Waals surface area contributed by atoms with Gasteiger partial charge in [-0.2, -0.15) is 0 Å². The Morgan fingerprint density at radius 2 is 2.50 bits per heavy atom. The van der Waals surface area contributed by atoms with Gasteiger partial charge in [-0.15, -0.1) is 0 Å². The van der Waals surface area contributed by atoms with Gasteiger partial charge in [0.2, 0.25) is 0 Å². The topological polar surface area (TPSA) is 32.3 Å². The van der Waals surface area contributed by atoms with Crippen molar-refractivity contribution in [3.63, 3.8) is 0 Å². The molecule has 10 heavy (non-hydrogen) atoms. The molecule has 54 valence electrons. The zero-order valence-corrected chi connectivity index (χ0v) is 5.75. The van der Waals surface area contributed by atoms with Crippen molar-refractivity contribution in [2.75, 3.05) is 0 Å². The van der Waals surface area contributed by atoms with Gasteiger partial charge in [-0.3, -0.25) is 0 Å². The molecule has 0 bridgehead atoms. The van der Waals surface area contributed by atoms with Crippen LogP contribution >= 0.6 is 0 Å². The molecule has 0 amide bonds. The summed E-state index contributed by atoms with van der Waals surface area (Å²) in [5.74, 6) is 0.556. The van der Waals surface area contributed by atoms with E-state index in [4.69, 9.17) is 0 Å². The second-order valence-corrected chi connectivity index (χ2v) is 2.88. The van der Waals surface area contributed by atoms with E-state index in [1.54, 1.807) is 0 Å². The van der Waals surface area contributed by atoms with Crippen LogP contribution in [0.2, 0.25) is 0 Å². The highest BCUT2D eigenvalue weighted by atomic mass is 16.3. The Labute approximate surface area is 60.2 Å². The quantitative estimate of drug-likeness (QED) is 0.516. The standard InChI is InChI=1S/C8H11NO/c10-8-5-6-3-1-2-4-7(6)9-8/h1-2,4,6,8-10H,3,5H2. The minimum Gasteiger partial charge on any atom is -0.374 e. The van der Waals surface area contributed by atoms with Gasteiger partial charge in [-0.05, 0) is 12.5 Å². The normalized spacial score (nSPS) is 36.7. The summed E-state index contributed by atoms with van der Waals surface area (Å²) in [7, 11) is 0. The van der Waals surface area contributed by atoms with E-state index in [9.17, 15) is 5.11 Å². The summed E-state index contributed by atoms with van der Waals surface area (Å²) >= 11 is 0. The summed E-state index contributed by atoms with van der Waals surface area (Å²) in [6.45, 7) is 0. The van der Waals surface area contributed by atoms with Crippen LogP contribution in [0.3, 0.4) is 0 Å². The summed E-state index contributed by atoms with van der Waals surface area (Å²) in [5.41, 5.74) is 1.20. The summed E-state index contributed by atoms with van der Waals surface area (Å²) in [5, 5.41) is 12.2. The van der Waals surface area contributed by atoms with E-state index < -0.39 is 0 Å². The van der Waals surface area contributed by atoms with Crippen molar-refractivity contribution in [1.82, 2.24) is 5.32 Å². The average molecular weight is 137 g/mol. The summed E-state index contributed by atoms with van der Waals surface area (Å²) in [6, 6.07) is 0. The molecule has 1 saturated heterocycles. The van der Waals surface area contributed by atoms with E-state index in [1.165, 1.54) is 5.70 Å². The molecule has 0 spiro atoms. The van der Waals surface area contributed by atoms with E-state index in [-0.39, 0.29) is 6.23 Å². The molecule has 1 aliphatic heterocycles. The van der Waals surface area contributed by atoms with Crippen LogP contribution in [0.5, 0.6) is 0 Å². The summed E-state index contributed by atoms with van der Waals surface area (Å²) in [4.78, 5) is 0. The van der Waals surface area contributed by atoms with Crippen molar-refractivity contribution in [3.05, 3.63) is 23.9 Å². The molecule has 1 heterocycles. The van der Waals surface area contributed by atoms with Crippen LogP contribution in [-0.4, -0.2) is 11.3 Å². The molecule has 0 radical (unpaired) electrons. The molecule has 1 fully saturated rings. The summed E-state index contributed by atoms with van der Waals surface area (Å²) < 4.78 is 0. The fourth-order valence-corrected chi connectivity index (χ4v) is 1.59. The molecule has 0 aromatic carbocycles. The van der Waals surface area contributed by atoms with Crippen LogP contribution in [-0.2, 0) is 0 Å². The van der Waals surface area contributed by atoms with Gasteiger partial charge in [-0.25, -0.2) is 0 Å². The van der Waals surface area contributed by atoms with Crippen molar-refractivity contribution in [1.29, 1.82) is 0 Å². The lowest BCUT2D eigenvalue weighted by Gasteiger charge is -2.10. The second kappa shape index (κ2) is 2.13. The van der Waals surface area contributed by atoms with E-state index in [0.717, 1.165) is 12.8 Å². The van der Waals surface area contributed by atoms with Gasteiger partial charge in [0, 0.05) is 18.0 Å². The highest BCUT2D eigenvalue weighted by Gasteiger charge is 2.26. The summed E-state index contributed by atoms with van der Waals surface area (Å²) in [6.07, 6.45) is 7.87. The number of aliphatic hydroxyl groups excluding tert-OH is 1. The third kappa shape index (κ3) is 0.847. The first-order valence-electron chi connectivity index (χ1n) is 3.67. The molecule has 1 aliphatic carbocycles. The van der Waals surface area contributed by atoms with Crippen LogP contribution in [0, 0.1) is 5.92 Å². The molecule has 2 rings (SSSR count). The Morgan fingerprint density at radius 3 is 3.30 bits per heavy atom. The van der Waals surface area contributed by atoms with Crippen molar-refractivity contribution in [3.8, 4) is 0 Å². The monoisotopic (exact) mass is 137 g/mol. The zero-order valence-electron chi connectivity index (χ0n) is 5.75. The number of aliphatic hydroxyl groups is 1. The lowest BCUT2D eigenvalue weighted by molar-refractivity contribution is 0.158. The fourth-order valence-electron chi connectivity index (χ4n) is 1.59. The largest absolute Gasteiger partial charge is 0.374 e. The number of hydrogen-bond acceptors (Lipinski definition) is 2. The van der Waals surface area contributed by atoms with Gasteiger partial charge in [0.1, 0.15) is 6.23 Å². The molecule has 0 aromatic rings. The van der Waals surface area contributed by atoms with Gasteiger partial charge in [0.05, 0.1) is 0 Å². The third-order valence-electron chi connectivity index (χ3n) is 2.11. The number of rotatable bonds is 0. The molecular formula is C8H11NO. The van der Waals surface area contributed by atoms with E-state index >= 15 is 0 Å². The van der Waals surface area contributed by atoms with Crippen molar-refractivity contribution in [2.45, 2.75) is 19.1 Å². The molecule has 2 atom stereocenters. The minimum atomic E-state index is -0.309. The second-order valence-electron chi connectivity index (χ2n) is 2.88. The molecular weight excluding hydrogens is 126 g/mol. The first-order chi connectivity index (χ1) is 4.86. The van der Waals surface area contributed by atoms with Crippen molar-refractivity contribution < 1.29 is 5.11 Å². The Kier molecular flexibility index (Phi) is 1.27. The van der Waals surface area contributed by atoms with Crippen LogP contribution in [0.4, 0.5) is 0 Å². The maximum atomic E-state index is 9.18. The molecule has 0 aromatic heterocycles. The Hall–Kier alpha value is -0.760. The number of hydrogen-bond donors (Lipinski definition) is 2. The van der Waals surface area contributed by atoms with Gasteiger partial charge in [0.15, 0.2) is 0 Å². The first-order valence-corrected chi connectivity index (χ1v) is 3.67. The molecule has 2 N–H and O–H groups in total. The van der Waals surface area contributed by atoms with Crippen molar-refractivity contribution in [2.24, 2.45) is 5.92 Å². The SMILES string of the molecule is OC1CC2CC=CC=C2N1. The van der Waals surface area contributed by atoms with Crippen LogP contribution in [0.25, 0.3) is 0 Å². The van der Waals surface area contributed by atoms with Crippen LogP contribution in [0.1, 0.15) is 12.8 Å². The third-order valence-corrected chi connectivity index (χ3v) is 2.11. The highest BCUT2D eigenvalue weighted by Crippen LogP contribution is 2.28.